The minimum atomic E-state index is -0.795. The van der Waals surface area contributed by atoms with Crippen LogP contribution in [0.2, 0.25) is 0 Å². The molecule has 8 nitrogen and oxygen atoms in total. The van der Waals surface area contributed by atoms with E-state index in [1.165, 1.54) is 12.2 Å². The average molecular weight is 416 g/mol. The molecule has 2 aliphatic heterocycles. The van der Waals surface area contributed by atoms with Gasteiger partial charge in [0, 0.05) is 37.9 Å². The van der Waals surface area contributed by atoms with Gasteiger partial charge in [0.2, 0.25) is 11.8 Å². The summed E-state index contributed by atoms with van der Waals surface area (Å²) in [7, 11) is 1.31. The van der Waals surface area contributed by atoms with Crippen molar-refractivity contribution in [3.05, 3.63) is 35.9 Å². The standard InChI is InChI=1S/C22H28N2O6/c1-3-30-24-20(27)15-17(21(28)29-2)22(24)11-13-23(14-12-22)19(26)10-9-18(25)16-7-5-4-6-8-16/h4-8,17H,3,9-15H2,1-2H3. The molecule has 1 aromatic carbocycles. The van der Waals surface area contributed by atoms with Gasteiger partial charge in [0.1, 0.15) is 0 Å². The maximum Gasteiger partial charge on any atom is 0.311 e. The maximum absolute atomic E-state index is 12.7. The van der Waals surface area contributed by atoms with Crippen molar-refractivity contribution < 1.29 is 28.8 Å². The first-order valence-corrected chi connectivity index (χ1v) is 10.3. The number of esters is 1. The van der Waals surface area contributed by atoms with Crippen molar-refractivity contribution >= 4 is 23.6 Å². The van der Waals surface area contributed by atoms with E-state index in [1.807, 2.05) is 6.07 Å². The fourth-order valence-electron chi connectivity index (χ4n) is 4.45. The molecular weight excluding hydrogens is 388 g/mol. The van der Waals surface area contributed by atoms with Crippen LogP contribution in [0.15, 0.2) is 30.3 Å². The van der Waals surface area contributed by atoms with Gasteiger partial charge in [0.05, 0.1) is 25.2 Å². The highest BCUT2D eigenvalue weighted by Gasteiger charge is 2.58. The first kappa shape index (κ1) is 22.0. The summed E-state index contributed by atoms with van der Waals surface area (Å²) in [5, 5.41) is 1.34. The number of benzene rings is 1. The zero-order valence-corrected chi connectivity index (χ0v) is 17.5. The van der Waals surface area contributed by atoms with Crippen LogP contribution in [0.3, 0.4) is 0 Å². The smallest absolute Gasteiger partial charge is 0.311 e. The molecule has 1 atom stereocenters. The average Bonchev–Trinajstić information content (AvgIpc) is 3.04. The van der Waals surface area contributed by atoms with E-state index in [1.54, 1.807) is 36.1 Å². The monoisotopic (exact) mass is 416 g/mol. The van der Waals surface area contributed by atoms with Crippen molar-refractivity contribution in [3.8, 4) is 0 Å². The van der Waals surface area contributed by atoms with Gasteiger partial charge in [-0.05, 0) is 19.8 Å². The summed E-state index contributed by atoms with van der Waals surface area (Å²) in [5.41, 5.74) is -0.197. The topological polar surface area (TPSA) is 93.2 Å². The Balaban J connectivity index is 1.62. The summed E-state index contributed by atoms with van der Waals surface area (Å²) in [6.45, 7) is 2.88. The van der Waals surface area contributed by atoms with E-state index in [9.17, 15) is 19.2 Å². The number of piperidine rings is 1. The van der Waals surface area contributed by atoms with Crippen molar-refractivity contribution in [2.45, 2.75) is 44.6 Å². The summed E-state index contributed by atoms with van der Waals surface area (Å²) in [4.78, 5) is 57.0. The molecule has 162 valence electrons. The van der Waals surface area contributed by atoms with Crippen LogP contribution >= 0.6 is 0 Å². The van der Waals surface area contributed by atoms with Gasteiger partial charge in [-0.2, -0.15) is 0 Å². The normalized spacial score (nSPS) is 20.5. The predicted molar refractivity (Wildman–Crippen MR) is 107 cm³/mol. The van der Waals surface area contributed by atoms with Crippen molar-refractivity contribution in [3.63, 3.8) is 0 Å². The molecule has 0 aromatic heterocycles. The second kappa shape index (κ2) is 9.38. The molecule has 30 heavy (non-hydrogen) atoms. The van der Waals surface area contributed by atoms with Crippen LogP contribution < -0.4 is 0 Å². The number of carbonyl (C=O) groups is 4. The van der Waals surface area contributed by atoms with Crippen LogP contribution in [0.5, 0.6) is 0 Å². The molecule has 2 fully saturated rings. The molecule has 1 unspecified atom stereocenters. The van der Waals surface area contributed by atoms with Crippen LogP contribution in [-0.4, -0.2) is 65.9 Å². The maximum atomic E-state index is 12.7. The minimum absolute atomic E-state index is 0.0478. The number of hydrogen-bond donors (Lipinski definition) is 0. The van der Waals surface area contributed by atoms with Gasteiger partial charge in [0.15, 0.2) is 5.78 Å². The Morgan fingerprint density at radius 2 is 1.77 bits per heavy atom. The third-order valence-electron chi connectivity index (χ3n) is 6.05. The Hall–Kier alpha value is -2.74. The molecule has 2 amide bonds. The number of amides is 2. The molecule has 2 heterocycles. The lowest BCUT2D eigenvalue weighted by atomic mass is 9.77. The van der Waals surface area contributed by atoms with Gasteiger partial charge in [-0.3, -0.25) is 24.0 Å². The minimum Gasteiger partial charge on any atom is -0.469 e. The Morgan fingerprint density at radius 3 is 2.37 bits per heavy atom. The SMILES string of the molecule is CCON1C(=O)CC(C(=O)OC)C12CCN(C(=O)CCC(=O)c1ccccc1)CC2. The molecule has 8 heteroatoms. The highest BCUT2D eigenvalue weighted by Crippen LogP contribution is 2.44. The molecule has 0 aliphatic carbocycles. The molecule has 1 aromatic rings. The van der Waals surface area contributed by atoms with Gasteiger partial charge in [0.25, 0.3) is 0 Å². The fraction of sp³-hybridized carbons (Fsp3) is 0.545. The van der Waals surface area contributed by atoms with Gasteiger partial charge < -0.3 is 9.64 Å². The predicted octanol–water partition coefficient (Wildman–Crippen LogP) is 1.98. The zero-order valence-electron chi connectivity index (χ0n) is 17.5. The summed E-state index contributed by atoms with van der Waals surface area (Å²) in [6, 6.07) is 8.91. The van der Waals surface area contributed by atoms with E-state index in [0.29, 0.717) is 38.1 Å². The highest BCUT2D eigenvalue weighted by atomic mass is 16.7. The van der Waals surface area contributed by atoms with Crippen LogP contribution in [0.4, 0.5) is 0 Å². The molecule has 3 rings (SSSR count). The van der Waals surface area contributed by atoms with Crippen molar-refractivity contribution in [1.29, 1.82) is 0 Å². The number of hydroxylamine groups is 2. The lowest BCUT2D eigenvalue weighted by Gasteiger charge is -2.45. The first-order valence-electron chi connectivity index (χ1n) is 10.3. The lowest BCUT2D eigenvalue weighted by molar-refractivity contribution is -0.221. The van der Waals surface area contributed by atoms with Gasteiger partial charge in [-0.1, -0.05) is 30.3 Å². The molecule has 0 N–H and O–H groups in total. The number of nitrogens with zero attached hydrogens (tertiary/aromatic N) is 2. The number of carbonyl (C=O) groups excluding carboxylic acids is 4. The lowest BCUT2D eigenvalue weighted by Crippen LogP contribution is -2.58. The third-order valence-corrected chi connectivity index (χ3v) is 6.05. The van der Waals surface area contributed by atoms with Crippen molar-refractivity contribution in [2.75, 3.05) is 26.8 Å². The quantitative estimate of drug-likeness (QED) is 0.498. The van der Waals surface area contributed by atoms with Crippen LogP contribution in [0.25, 0.3) is 0 Å². The van der Waals surface area contributed by atoms with E-state index < -0.39 is 17.4 Å². The molecule has 1 spiro atoms. The number of rotatable bonds is 7. The van der Waals surface area contributed by atoms with E-state index >= 15 is 0 Å². The van der Waals surface area contributed by atoms with Crippen molar-refractivity contribution in [1.82, 2.24) is 9.96 Å². The highest BCUT2D eigenvalue weighted by molar-refractivity contribution is 5.98. The number of ether oxygens (including phenoxy) is 1. The molecule has 0 saturated carbocycles. The number of hydrogen-bond acceptors (Lipinski definition) is 6. The Morgan fingerprint density at radius 1 is 1.10 bits per heavy atom. The van der Waals surface area contributed by atoms with Gasteiger partial charge >= 0.3 is 5.97 Å². The second-order valence-corrected chi connectivity index (χ2v) is 7.66. The van der Waals surface area contributed by atoms with Crippen LogP contribution in [0.1, 0.15) is 49.4 Å². The van der Waals surface area contributed by atoms with E-state index in [4.69, 9.17) is 9.57 Å². The molecule has 2 aliphatic rings. The Bertz CT molecular complexity index is 801. The van der Waals surface area contributed by atoms with Gasteiger partial charge in [-0.15, -0.1) is 0 Å². The number of Topliss-reactive ketones (excluding diaryl/α,β-unsaturated/α-hetero) is 1. The largest absolute Gasteiger partial charge is 0.469 e. The van der Waals surface area contributed by atoms with E-state index in [-0.39, 0.29) is 36.9 Å². The second-order valence-electron chi connectivity index (χ2n) is 7.66. The third kappa shape index (κ3) is 4.23. The van der Waals surface area contributed by atoms with Crippen LogP contribution in [-0.2, 0) is 24.0 Å². The number of likely N-dealkylation sites (tertiary alicyclic amines) is 1. The molecular formula is C22H28N2O6. The zero-order chi connectivity index (χ0) is 21.7. The number of methoxy groups -OCH3 is 1. The fourth-order valence-corrected chi connectivity index (χ4v) is 4.45. The summed E-state index contributed by atoms with van der Waals surface area (Å²) < 4.78 is 4.93. The molecule has 2 saturated heterocycles. The Kier molecular flexibility index (Phi) is 6.87. The summed E-state index contributed by atoms with van der Waals surface area (Å²) in [5.74, 6) is -1.44. The van der Waals surface area contributed by atoms with E-state index in [2.05, 4.69) is 0 Å². The van der Waals surface area contributed by atoms with Crippen LogP contribution in [0, 0.1) is 5.92 Å². The molecule has 0 radical (unpaired) electrons. The number of ketones is 1. The molecule has 0 bridgehead atoms. The first-order chi connectivity index (χ1) is 14.4. The summed E-state index contributed by atoms with van der Waals surface area (Å²) >= 11 is 0. The summed E-state index contributed by atoms with van der Waals surface area (Å²) in [6.07, 6.45) is 1.19. The van der Waals surface area contributed by atoms with E-state index in [0.717, 1.165) is 0 Å². The Labute approximate surface area is 176 Å². The van der Waals surface area contributed by atoms with Gasteiger partial charge in [-0.25, -0.2) is 5.06 Å². The van der Waals surface area contributed by atoms with Crippen molar-refractivity contribution in [2.24, 2.45) is 5.92 Å².